The number of furan rings is 1. The van der Waals surface area contributed by atoms with Crippen LogP contribution in [0.4, 0.5) is 0 Å². The van der Waals surface area contributed by atoms with Crippen molar-refractivity contribution in [3.05, 3.63) is 132 Å². The van der Waals surface area contributed by atoms with Crippen LogP contribution in [0.15, 0.2) is 126 Å². The summed E-state index contributed by atoms with van der Waals surface area (Å²) in [6.45, 7) is 0. The van der Waals surface area contributed by atoms with E-state index in [0.717, 1.165) is 57.5 Å². The van der Waals surface area contributed by atoms with Gasteiger partial charge in [0.2, 0.25) is 0 Å². The topological polar surface area (TPSA) is 38.9 Å². The summed E-state index contributed by atoms with van der Waals surface area (Å²) in [5, 5.41) is 2.28. The number of fused-ring (bicyclic) bond motifs is 7. The molecule has 1 aliphatic rings. The van der Waals surface area contributed by atoms with Crippen LogP contribution in [0.2, 0.25) is 0 Å². The Kier molecular flexibility index (Phi) is 4.95. The molecule has 5 aromatic carbocycles. The highest BCUT2D eigenvalue weighted by Gasteiger charge is 2.23. The lowest BCUT2D eigenvalue weighted by Crippen LogP contribution is -2.03. The van der Waals surface area contributed by atoms with E-state index >= 15 is 0 Å². The molecule has 0 atom stereocenters. The van der Waals surface area contributed by atoms with E-state index in [9.17, 15) is 0 Å². The summed E-state index contributed by atoms with van der Waals surface area (Å²) in [6, 6.07) is 42.1. The van der Waals surface area contributed by atoms with Gasteiger partial charge >= 0.3 is 0 Å². The second-order valence-electron chi connectivity index (χ2n) is 10.1. The van der Waals surface area contributed by atoms with Crippen LogP contribution in [-0.4, -0.2) is 9.97 Å². The minimum Gasteiger partial charge on any atom is -0.455 e. The molecule has 8 rings (SSSR count). The number of aromatic nitrogens is 2. The molecule has 0 aliphatic heterocycles. The maximum Gasteiger partial charge on any atom is 0.164 e. The Bertz CT molecular complexity index is 1950. The molecule has 39 heavy (non-hydrogen) atoms. The molecule has 0 bridgehead atoms. The molecule has 0 amide bonds. The minimum atomic E-state index is 0.661. The molecule has 3 nitrogen and oxygen atoms in total. The zero-order valence-electron chi connectivity index (χ0n) is 21.3. The number of hydrogen-bond acceptors (Lipinski definition) is 3. The second kappa shape index (κ2) is 8.78. The largest absolute Gasteiger partial charge is 0.455 e. The van der Waals surface area contributed by atoms with E-state index in [1.54, 1.807) is 0 Å². The highest BCUT2D eigenvalue weighted by atomic mass is 16.3. The summed E-state index contributed by atoms with van der Waals surface area (Å²) in [6.07, 6.45) is 2.11. The molecule has 2 heterocycles. The first-order chi connectivity index (χ1) is 19.3. The summed E-state index contributed by atoms with van der Waals surface area (Å²) >= 11 is 0. The smallest absolute Gasteiger partial charge is 0.164 e. The lowest BCUT2D eigenvalue weighted by Gasteiger charge is -2.20. The van der Waals surface area contributed by atoms with Gasteiger partial charge in [-0.2, -0.15) is 0 Å². The zero-order valence-corrected chi connectivity index (χ0v) is 21.3. The van der Waals surface area contributed by atoms with Crippen LogP contribution >= 0.6 is 0 Å². The Balaban J connectivity index is 1.40. The van der Waals surface area contributed by atoms with E-state index in [1.807, 2.05) is 36.4 Å². The molecular weight excluding hydrogens is 476 g/mol. The van der Waals surface area contributed by atoms with Crippen molar-refractivity contribution in [1.29, 1.82) is 0 Å². The van der Waals surface area contributed by atoms with Gasteiger partial charge in [0.15, 0.2) is 5.82 Å². The predicted molar refractivity (Wildman–Crippen MR) is 158 cm³/mol. The molecule has 0 N–H and O–H groups in total. The van der Waals surface area contributed by atoms with Crippen molar-refractivity contribution in [1.82, 2.24) is 9.97 Å². The maximum absolute atomic E-state index is 6.63. The van der Waals surface area contributed by atoms with E-state index in [4.69, 9.17) is 14.4 Å². The van der Waals surface area contributed by atoms with Crippen molar-refractivity contribution >= 4 is 21.9 Å². The van der Waals surface area contributed by atoms with E-state index < -0.39 is 0 Å². The number of benzene rings is 5. The van der Waals surface area contributed by atoms with Crippen LogP contribution in [0.3, 0.4) is 0 Å². The SMILES string of the molecule is c1ccc(-c2cc(-c3ccccc3)nc(-c3cccc4c3oc3ccc5c(c34)-c3ccccc3CC5)n2)cc1. The average Bonchev–Trinajstić information content (AvgIpc) is 3.41. The Hall–Kier alpha value is -5.02. The van der Waals surface area contributed by atoms with Crippen LogP contribution in [-0.2, 0) is 12.8 Å². The predicted octanol–water partition coefficient (Wildman–Crippen LogP) is 9.14. The molecule has 1 aliphatic carbocycles. The lowest BCUT2D eigenvalue weighted by atomic mass is 9.83. The van der Waals surface area contributed by atoms with Gasteiger partial charge in [-0.25, -0.2) is 9.97 Å². The highest BCUT2D eigenvalue weighted by Crippen LogP contribution is 2.44. The first kappa shape index (κ1) is 22.0. The van der Waals surface area contributed by atoms with Crippen LogP contribution in [0.5, 0.6) is 0 Å². The second-order valence-corrected chi connectivity index (χ2v) is 10.1. The molecule has 0 unspecified atom stereocenters. The van der Waals surface area contributed by atoms with E-state index in [1.165, 1.54) is 27.6 Å². The monoisotopic (exact) mass is 500 g/mol. The zero-order chi connectivity index (χ0) is 25.8. The third-order valence-electron chi connectivity index (χ3n) is 7.81. The number of nitrogens with zero attached hydrogens (tertiary/aromatic N) is 2. The molecular formula is C36H24N2O. The fourth-order valence-corrected chi connectivity index (χ4v) is 5.96. The third kappa shape index (κ3) is 3.58. The fourth-order valence-electron chi connectivity index (χ4n) is 5.96. The van der Waals surface area contributed by atoms with Crippen molar-refractivity contribution in [2.45, 2.75) is 12.8 Å². The summed E-state index contributed by atoms with van der Waals surface area (Å²) in [5.74, 6) is 0.661. The highest BCUT2D eigenvalue weighted by molar-refractivity contribution is 6.16. The van der Waals surface area contributed by atoms with Crippen LogP contribution in [0.25, 0.3) is 67.0 Å². The van der Waals surface area contributed by atoms with Crippen LogP contribution < -0.4 is 0 Å². The number of rotatable bonds is 3. The van der Waals surface area contributed by atoms with Gasteiger partial charge in [0.1, 0.15) is 11.2 Å². The molecule has 0 fully saturated rings. The summed E-state index contributed by atoms with van der Waals surface area (Å²) in [4.78, 5) is 10.1. The van der Waals surface area contributed by atoms with Gasteiger partial charge in [0, 0.05) is 21.9 Å². The molecule has 0 radical (unpaired) electrons. The van der Waals surface area contributed by atoms with Gasteiger partial charge < -0.3 is 4.42 Å². The molecule has 3 heteroatoms. The molecule has 0 spiro atoms. The van der Waals surface area contributed by atoms with E-state index in [0.29, 0.717) is 5.82 Å². The van der Waals surface area contributed by atoms with Crippen LogP contribution in [0.1, 0.15) is 11.1 Å². The van der Waals surface area contributed by atoms with Crippen molar-refractivity contribution < 1.29 is 4.42 Å². The molecule has 7 aromatic rings. The Labute approximate surface area is 226 Å². The van der Waals surface area contributed by atoms with Crippen molar-refractivity contribution in [2.24, 2.45) is 0 Å². The normalized spacial score (nSPS) is 12.4. The standard InChI is InChI=1S/C36H24N2O/c1-3-11-24(12-4-1)30-22-31(25-13-5-2-6-14-25)38-36(37-30)29-17-9-16-28-34-32(39-35(28)29)21-20-26-19-18-23-10-7-8-15-27(23)33(26)34/h1-17,20-22H,18-19H2. The van der Waals surface area contributed by atoms with Gasteiger partial charge in [0.25, 0.3) is 0 Å². The van der Waals surface area contributed by atoms with Gasteiger partial charge in [0.05, 0.1) is 17.0 Å². The molecule has 0 saturated carbocycles. The minimum absolute atomic E-state index is 0.661. The van der Waals surface area contributed by atoms with E-state index in [-0.39, 0.29) is 0 Å². The molecule has 2 aromatic heterocycles. The van der Waals surface area contributed by atoms with Crippen molar-refractivity contribution in [2.75, 3.05) is 0 Å². The molecule has 0 saturated heterocycles. The fraction of sp³-hybridized carbons (Fsp3) is 0.0556. The first-order valence-electron chi connectivity index (χ1n) is 13.4. The number of aryl methyl sites for hydroxylation is 2. The number of para-hydroxylation sites is 1. The van der Waals surface area contributed by atoms with Gasteiger partial charge in [-0.3, -0.25) is 0 Å². The maximum atomic E-state index is 6.63. The Morgan fingerprint density at radius 1 is 0.538 bits per heavy atom. The first-order valence-corrected chi connectivity index (χ1v) is 13.4. The van der Waals surface area contributed by atoms with Crippen molar-refractivity contribution in [3.8, 4) is 45.0 Å². The Morgan fingerprint density at radius 3 is 1.92 bits per heavy atom. The molecule has 184 valence electrons. The van der Waals surface area contributed by atoms with Crippen molar-refractivity contribution in [3.63, 3.8) is 0 Å². The average molecular weight is 501 g/mol. The van der Waals surface area contributed by atoms with Gasteiger partial charge in [-0.05, 0) is 53.3 Å². The summed E-state index contributed by atoms with van der Waals surface area (Å²) in [5.41, 5.74) is 11.9. The lowest BCUT2D eigenvalue weighted by molar-refractivity contribution is 0.669. The van der Waals surface area contributed by atoms with Gasteiger partial charge in [-0.15, -0.1) is 0 Å². The summed E-state index contributed by atoms with van der Waals surface area (Å²) in [7, 11) is 0. The Morgan fingerprint density at radius 2 is 1.18 bits per heavy atom. The number of hydrogen-bond donors (Lipinski definition) is 0. The summed E-state index contributed by atoms with van der Waals surface area (Å²) < 4.78 is 6.63. The van der Waals surface area contributed by atoms with Crippen LogP contribution in [0, 0.1) is 0 Å². The van der Waals surface area contributed by atoms with E-state index in [2.05, 4.69) is 84.9 Å². The van der Waals surface area contributed by atoms with Gasteiger partial charge in [-0.1, -0.05) is 103 Å². The third-order valence-corrected chi connectivity index (χ3v) is 7.81. The quantitative estimate of drug-likeness (QED) is 0.243.